The minimum Gasteiger partial charge on any atom is -0.366 e. The molecule has 1 amide bonds. The summed E-state index contributed by atoms with van der Waals surface area (Å²) in [7, 11) is 0. The molecule has 74 valence electrons. The number of allylic oxidation sites excluding steroid dienone is 1. The number of nitrogens with zero attached hydrogens (tertiary/aromatic N) is 1. The molecule has 1 aromatic heterocycles. The van der Waals surface area contributed by atoms with E-state index in [4.69, 9.17) is 5.73 Å². The number of carbonyl (C=O) groups is 1. The van der Waals surface area contributed by atoms with Crippen molar-refractivity contribution in [3.63, 3.8) is 0 Å². The molecule has 0 aliphatic heterocycles. The minimum absolute atomic E-state index is 0.372. The van der Waals surface area contributed by atoms with E-state index >= 15 is 0 Å². The zero-order valence-electron chi connectivity index (χ0n) is 8.11. The summed E-state index contributed by atoms with van der Waals surface area (Å²) in [6.45, 7) is 3.57. The molecule has 0 aromatic carbocycles. The van der Waals surface area contributed by atoms with E-state index < -0.39 is 5.91 Å². The van der Waals surface area contributed by atoms with Crippen molar-refractivity contribution in [2.75, 3.05) is 0 Å². The van der Waals surface area contributed by atoms with E-state index in [9.17, 15) is 4.79 Å². The molecule has 1 aromatic rings. The van der Waals surface area contributed by atoms with Crippen molar-refractivity contribution in [1.29, 1.82) is 0 Å². The Hall–Kier alpha value is -1.29. The minimum atomic E-state index is -0.504. The van der Waals surface area contributed by atoms with Gasteiger partial charge >= 0.3 is 0 Å². The molecule has 0 fully saturated rings. The first kappa shape index (κ1) is 10.8. The number of rotatable bonds is 2. The predicted octanol–water partition coefficient (Wildman–Crippen LogP) is 1.54. The van der Waals surface area contributed by atoms with Crippen LogP contribution in [0.25, 0.3) is 5.57 Å². The topological polar surface area (TPSA) is 56.0 Å². The van der Waals surface area contributed by atoms with E-state index in [1.54, 1.807) is 13.0 Å². The van der Waals surface area contributed by atoms with Gasteiger partial charge in [-0.3, -0.25) is 9.78 Å². The van der Waals surface area contributed by atoms with Gasteiger partial charge in [-0.15, -0.1) is 12.6 Å². The molecular weight excluding hydrogens is 196 g/mol. The van der Waals surface area contributed by atoms with Gasteiger partial charge in [-0.05, 0) is 30.9 Å². The van der Waals surface area contributed by atoms with Gasteiger partial charge < -0.3 is 5.73 Å². The highest BCUT2D eigenvalue weighted by molar-refractivity contribution is 7.84. The molecule has 4 heteroatoms. The standard InChI is InChI=1S/C10H12N2OS/c1-6-4-3-5-8(12-6)9(7(2)14)10(11)13/h3-5,14H,1-2H3,(H2,11,13). The summed E-state index contributed by atoms with van der Waals surface area (Å²) >= 11 is 4.12. The molecular formula is C10H12N2OS. The highest BCUT2D eigenvalue weighted by Gasteiger charge is 2.11. The third kappa shape index (κ3) is 2.35. The predicted molar refractivity (Wildman–Crippen MR) is 59.7 cm³/mol. The summed E-state index contributed by atoms with van der Waals surface area (Å²) in [5.74, 6) is -0.504. The second kappa shape index (κ2) is 4.28. The fraction of sp³-hybridized carbons (Fsp3) is 0.200. The zero-order chi connectivity index (χ0) is 10.7. The Bertz CT molecular complexity index is 395. The Morgan fingerprint density at radius 2 is 2.14 bits per heavy atom. The average Bonchev–Trinajstić information content (AvgIpc) is 2.02. The largest absolute Gasteiger partial charge is 0.366 e. The highest BCUT2D eigenvalue weighted by atomic mass is 32.1. The third-order valence-corrected chi connectivity index (χ3v) is 1.98. The lowest BCUT2D eigenvalue weighted by Gasteiger charge is -2.05. The van der Waals surface area contributed by atoms with Crippen molar-refractivity contribution in [3.05, 3.63) is 34.5 Å². The molecule has 2 N–H and O–H groups in total. The third-order valence-electron chi connectivity index (χ3n) is 1.75. The molecule has 1 heterocycles. The van der Waals surface area contributed by atoms with Crippen LogP contribution in [0.2, 0.25) is 0 Å². The van der Waals surface area contributed by atoms with Crippen LogP contribution >= 0.6 is 12.6 Å². The quantitative estimate of drug-likeness (QED) is 0.572. The van der Waals surface area contributed by atoms with Crippen LogP contribution in [-0.4, -0.2) is 10.9 Å². The Morgan fingerprint density at radius 1 is 1.50 bits per heavy atom. The molecule has 0 spiro atoms. The first-order valence-electron chi connectivity index (χ1n) is 4.16. The summed E-state index contributed by atoms with van der Waals surface area (Å²) in [4.78, 5) is 15.9. The summed E-state index contributed by atoms with van der Waals surface area (Å²) in [5, 5.41) is 0. The molecule has 0 saturated heterocycles. The maximum Gasteiger partial charge on any atom is 0.251 e. The Morgan fingerprint density at radius 3 is 2.57 bits per heavy atom. The normalized spacial score (nSPS) is 12.2. The van der Waals surface area contributed by atoms with Crippen LogP contribution in [0.3, 0.4) is 0 Å². The van der Waals surface area contributed by atoms with Crippen molar-refractivity contribution in [2.45, 2.75) is 13.8 Å². The van der Waals surface area contributed by atoms with E-state index in [1.807, 2.05) is 19.1 Å². The van der Waals surface area contributed by atoms with E-state index in [0.717, 1.165) is 5.69 Å². The summed E-state index contributed by atoms with van der Waals surface area (Å²) in [6.07, 6.45) is 0. The first-order chi connectivity index (χ1) is 6.52. The van der Waals surface area contributed by atoms with E-state index in [0.29, 0.717) is 16.2 Å². The maximum atomic E-state index is 11.1. The molecule has 14 heavy (non-hydrogen) atoms. The fourth-order valence-corrected chi connectivity index (χ4v) is 1.40. The van der Waals surface area contributed by atoms with Crippen molar-refractivity contribution in [2.24, 2.45) is 5.73 Å². The number of hydrogen-bond acceptors (Lipinski definition) is 3. The van der Waals surface area contributed by atoms with Gasteiger partial charge in [-0.2, -0.15) is 0 Å². The lowest BCUT2D eigenvalue weighted by Crippen LogP contribution is -2.14. The van der Waals surface area contributed by atoms with Crippen LogP contribution in [0.5, 0.6) is 0 Å². The van der Waals surface area contributed by atoms with Gasteiger partial charge in [-0.1, -0.05) is 6.07 Å². The second-order valence-corrected chi connectivity index (χ2v) is 3.66. The molecule has 1 rings (SSSR count). The lowest BCUT2D eigenvalue weighted by molar-refractivity contribution is -0.112. The van der Waals surface area contributed by atoms with E-state index in [1.165, 1.54) is 0 Å². The number of carbonyl (C=O) groups excluding carboxylic acids is 1. The number of nitrogens with two attached hydrogens (primary N) is 1. The lowest BCUT2D eigenvalue weighted by atomic mass is 10.1. The number of thiol groups is 1. The smallest absolute Gasteiger partial charge is 0.251 e. The Kier molecular flexibility index (Phi) is 3.30. The van der Waals surface area contributed by atoms with Gasteiger partial charge in [0.2, 0.25) is 0 Å². The van der Waals surface area contributed by atoms with Crippen LogP contribution in [-0.2, 0) is 4.79 Å². The van der Waals surface area contributed by atoms with Crippen LogP contribution in [0, 0.1) is 6.92 Å². The van der Waals surface area contributed by atoms with E-state index in [2.05, 4.69) is 17.6 Å². The molecule has 0 atom stereocenters. The number of pyridine rings is 1. The monoisotopic (exact) mass is 208 g/mol. The SMILES string of the molecule is CC(S)=C(C(N)=O)c1cccc(C)n1. The van der Waals surface area contributed by atoms with Gasteiger partial charge in [0.25, 0.3) is 5.91 Å². The van der Waals surface area contributed by atoms with Crippen LogP contribution < -0.4 is 5.73 Å². The molecule has 0 aliphatic rings. The number of hydrogen-bond donors (Lipinski definition) is 2. The van der Waals surface area contributed by atoms with E-state index in [-0.39, 0.29) is 0 Å². The molecule has 0 aliphatic carbocycles. The van der Waals surface area contributed by atoms with Gasteiger partial charge in [0.15, 0.2) is 0 Å². The maximum absolute atomic E-state index is 11.1. The molecule has 0 bridgehead atoms. The zero-order valence-corrected chi connectivity index (χ0v) is 9.01. The fourth-order valence-electron chi connectivity index (χ4n) is 1.17. The number of amides is 1. The van der Waals surface area contributed by atoms with Crippen molar-refractivity contribution in [3.8, 4) is 0 Å². The summed E-state index contributed by atoms with van der Waals surface area (Å²) < 4.78 is 0. The van der Waals surface area contributed by atoms with Crippen LogP contribution in [0.15, 0.2) is 23.1 Å². The molecule has 3 nitrogen and oxygen atoms in total. The number of primary amides is 1. The van der Waals surface area contributed by atoms with Gasteiger partial charge in [0.1, 0.15) is 0 Å². The van der Waals surface area contributed by atoms with Gasteiger partial charge in [0, 0.05) is 5.69 Å². The van der Waals surface area contributed by atoms with Crippen molar-refractivity contribution < 1.29 is 4.79 Å². The van der Waals surface area contributed by atoms with Gasteiger partial charge in [0.05, 0.1) is 11.3 Å². The summed E-state index contributed by atoms with van der Waals surface area (Å²) in [5.41, 5.74) is 7.02. The van der Waals surface area contributed by atoms with Gasteiger partial charge in [-0.25, -0.2) is 0 Å². The first-order valence-corrected chi connectivity index (χ1v) is 4.60. The Labute approximate surface area is 88.4 Å². The van der Waals surface area contributed by atoms with Crippen molar-refractivity contribution >= 4 is 24.1 Å². The van der Waals surface area contributed by atoms with Crippen molar-refractivity contribution in [1.82, 2.24) is 4.98 Å². The van der Waals surface area contributed by atoms with Crippen LogP contribution in [0.4, 0.5) is 0 Å². The average molecular weight is 208 g/mol. The Balaban J connectivity index is 3.27. The molecule has 0 unspecified atom stereocenters. The van der Waals surface area contributed by atoms with Crippen LogP contribution in [0.1, 0.15) is 18.3 Å². The number of aryl methyl sites for hydroxylation is 1. The molecule has 0 saturated carbocycles. The molecule has 0 radical (unpaired) electrons. The summed E-state index contributed by atoms with van der Waals surface area (Å²) in [6, 6.07) is 5.43. The number of aromatic nitrogens is 1. The highest BCUT2D eigenvalue weighted by Crippen LogP contribution is 2.18. The second-order valence-electron chi connectivity index (χ2n) is 2.99.